The number of nitrogens with zero attached hydrogens (tertiary/aromatic N) is 6. The minimum Gasteiger partial charge on any atom is -0.326 e. The van der Waals surface area contributed by atoms with E-state index in [1.54, 1.807) is 23.9 Å². The lowest BCUT2D eigenvalue weighted by molar-refractivity contribution is 0.102. The van der Waals surface area contributed by atoms with Gasteiger partial charge in [-0.2, -0.15) is 5.10 Å². The Morgan fingerprint density at radius 2 is 1.94 bits per heavy atom. The number of rotatable bonds is 6. The number of piperazine rings is 1. The third-order valence-electron chi connectivity index (χ3n) is 7.21. The second-order valence-corrected chi connectivity index (χ2v) is 10.7. The standard InChI is InChI=1S/C26H30N8OS/c1-32-10-12-34(13-11-32)15-17-6-8-18(9-7-17)30-25(35)23-20(14-29-31-23)33(2)24-22-19-4-3-5-21(19)36-26(22)28-16-27-24/h6-9,14,16H,3-5,10-13,15H2,1-2H3,(H,29,31)(H,30,35). The summed E-state index contributed by atoms with van der Waals surface area (Å²) in [7, 11) is 4.09. The molecule has 0 bridgehead atoms. The normalized spacial score (nSPS) is 16.4. The van der Waals surface area contributed by atoms with Crippen molar-refractivity contribution in [1.82, 2.24) is 30.0 Å². The lowest BCUT2D eigenvalue weighted by Gasteiger charge is -2.32. The van der Waals surface area contributed by atoms with Gasteiger partial charge in [-0.25, -0.2) is 9.97 Å². The van der Waals surface area contributed by atoms with Crippen LogP contribution in [0.2, 0.25) is 0 Å². The number of H-pyrrole nitrogens is 1. The van der Waals surface area contributed by atoms with Crippen LogP contribution in [0.3, 0.4) is 0 Å². The van der Waals surface area contributed by atoms with Crippen LogP contribution in [0.1, 0.15) is 32.9 Å². The number of likely N-dealkylation sites (N-methyl/N-ethyl adjacent to an activating group) is 1. The molecule has 0 atom stereocenters. The molecule has 2 N–H and O–H groups in total. The zero-order valence-corrected chi connectivity index (χ0v) is 21.4. The number of hydrogen-bond donors (Lipinski definition) is 2. The number of carbonyl (C=O) groups is 1. The highest BCUT2D eigenvalue weighted by molar-refractivity contribution is 7.19. The van der Waals surface area contributed by atoms with Gasteiger partial charge in [0.2, 0.25) is 0 Å². The number of aryl methyl sites for hydroxylation is 2. The number of thiophene rings is 1. The number of amides is 1. The van der Waals surface area contributed by atoms with E-state index < -0.39 is 0 Å². The van der Waals surface area contributed by atoms with Crippen molar-refractivity contribution in [2.24, 2.45) is 0 Å². The van der Waals surface area contributed by atoms with Crippen LogP contribution in [0.4, 0.5) is 17.2 Å². The number of anilines is 3. The van der Waals surface area contributed by atoms with Gasteiger partial charge < -0.3 is 15.1 Å². The highest BCUT2D eigenvalue weighted by atomic mass is 32.1. The van der Waals surface area contributed by atoms with Gasteiger partial charge in [0.05, 0.1) is 11.1 Å². The maximum Gasteiger partial charge on any atom is 0.278 e. The maximum atomic E-state index is 13.2. The Bertz CT molecular complexity index is 1390. The molecule has 0 radical (unpaired) electrons. The first kappa shape index (κ1) is 23.1. The summed E-state index contributed by atoms with van der Waals surface area (Å²) >= 11 is 1.75. The molecule has 0 unspecified atom stereocenters. The van der Waals surface area contributed by atoms with Crippen molar-refractivity contribution in [3.05, 3.63) is 58.5 Å². The molecule has 10 heteroatoms. The number of fused-ring (bicyclic) bond motifs is 3. The topological polar surface area (TPSA) is 93.3 Å². The largest absolute Gasteiger partial charge is 0.326 e. The van der Waals surface area contributed by atoms with Crippen LogP contribution in [-0.2, 0) is 19.4 Å². The van der Waals surface area contributed by atoms with Crippen LogP contribution in [0.25, 0.3) is 10.2 Å². The van der Waals surface area contributed by atoms with Crippen LogP contribution in [0.15, 0.2) is 36.8 Å². The molecular weight excluding hydrogens is 472 g/mol. The predicted molar refractivity (Wildman–Crippen MR) is 143 cm³/mol. The zero-order chi connectivity index (χ0) is 24.6. The molecule has 1 fully saturated rings. The Morgan fingerprint density at radius 3 is 2.75 bits per heavy atom. The van der Waals surface area contributed by atoms with Gasteiger partial charge in [-0.1, -0.05) is 12.1 Å². The van der Waals surface area contributed by atoms with Crippen molar-refractivity contribution in [3.63, 3.8) is 0 Å². The van der Waals surface area contributed by atoms with Crippen molar-refractivity contribution < 1.29 is 4.79 Å². The number of aromatic amines is 1. The molecule has 1 aliphatic carbocycles. The molecular formula is C26H30N8OS. The van der Waals surface area contributed by atoms with E-state index in [-0.39, 0.29) is 5.91 Å². The van der Waals surface area contributed by atoms with Crippen molar-refractivity contribution in [3.8, 4) is 0 Å². The van der Waals surface area contributed by atoms with E-state index in [0.29, 0.717) is 11.4 Å². The highest BCUT2D eigenvalue weighted by Crippen LogP contribution is 2.41. The summed E-state index contributed by atoms with van der Waals surface area (Å²) in [5.74, 6) is 0.550. The van der Waals surface area contributed by atoms with E-state index in [2.05, 4.69) is 54.5 Å². The van der Waals surface area contributed by atoms with E-state index in [1.165, 1.54) is 22.4 Å². The Kier molecular flexibility index (Phi) is 6.16. The summed E-state index contributed by atoms with van der Waals surface area (Å²) in [5, 5.41) is 11.2. The minimum atomic E-state index is -0.259. The number of nitrogens with one attached hydrogen (secondary N) is 2. The molecule has 0 saturated carbocycles. The fraction of sp³-hybridized carbons (Fsp3) is 0.385. The van der Waals surface area contributed by atoms with Crippen LogP contribution < -0.4 is 10.2 Å². The predicted octanol–water partition coefficient (Wildman–Crippen LogP) is 3.67. The first-order chi connectivity index (χ1) is 17.6. The van der Waals surface area contributed by atoms with Gasteiger partial charge in [0, 0.05) is 56.5 Å². The molecule has 186 valence electrons. The first-order valence-electron chi connectivity index (χ1n) is 12.4. The van der Waals surface area contributed by atoms with E-state index in [9.17, 15) is 4.79 Å². The van der Waals surface area contributed by atoms with Crippen molar-refractivity contribution in [2.75, 3.05) is 50.5 Å². The monoisotopic (exact) mass is 502 g/mol. The molecule has 1 aliphatic heterocycles. The molecule has 0 spiro atoms. The summed E-state index contributed by atoms with van der Waals surface area (Å²) in [6.07, 6.45) is 6.67. The SMILES string of the molecule is CN1CCN(Cc2ccc(NC(=O)c3n[nH]cc3N(C)c3ncnc4sc5c(c34)CCC5)cc2)CC1. The Hall–Kier alpha value is -3.34. The molecule has 1 aromatic carbocycles. The van der Waals surface area contributed by atoms with Crippen molar-refractivity contribution in [2.45, 2.75) is 25.8 Å². The van der Waals surface area contributed by atoms with E-state index in [0.717, 1.165) is 67.3 Å². The van der Waals surface area contributed by atoms with Gasteiger partial charge in [-0.05, 0) is 49.6 Å². The number of aromatic nitrogens is 4. The van der Waals surface area contributed by atoms with Crippen LogP contribution in [0.5, 0.6) is 0 Å². The van der Waals surface area contributed by atoms with Gasteiger partial charge >= 0.3 is 0 Å². The molecule has 1 amide bonds. The average molecular weight is 503 g/mol. The summed E-state index contributed by atoms with van der Waals surface area (Å²) in [5.41, 5.74) is 4.35. The summed E-state index contributed by atoms with van der Waals surface area (Å²) in [4.78, 5) is 31.5. The Labute approximate surface area is 214 Å². The Balaban J connectivity index is 1.18. The summed E-state index contributed by atoms with van der Waals surface area (Å²) < 4.78 is 0. The summed E-state index contributed by atoms with van der Waals surface area (Å²) in [6.45, 7) is 5.29. The summed E-state index contributed by atoms with van der Waals surface area (Å²) in [6, 6.07) is 8.09. The van der Waals surface area contributed by atoms with Gasteiger partial charge in [0.1, 0.15) is 17.0 Å². The van der Waals surface area contributed by atoms with Gasteiger partial charge in [0.25, 0.3) is 5.91 Å². The second kappa shape index (κ2) is 9.61. The number of carbonyl (C=O) groups excluding carboxylic acids is 1. The van der Waals surface area contributed by atoms with Crippen molar-refractivity contribution >= 4 is 44.7 Å². The molecule has 36 heavy (non-hydrogen) atoms. The second-order valence-electron chi connectivity index (χ2n) is 9.64. The highest BCUT2D eigenvalue weighted by Gasteiger charge is 2.26. The fourth-order valence-electron chi connectivity index (χ4n) is 5.13. The molecule has 6 rings (SSSR count). The Morgan fingerprint density at radius 1 is 1.14 bits per heavy atom. The molecule has 3 aromatic heterocycles. The van der Waals surface area contributed by atoms with E-state index in [4.69, 9.17) is 0 Å². The lowest BCUT2D eigenvalue weighted by atomic mass is 10.1. The smallest absolute Gasteiger partial charge is 0.278 e. The fourth-order valence-corrected chi connectivity index (χ4v) is 6.36. The van der Waals surface area contributed by atoms with Crippen LogP contribution in [0, 0.1) is 0 Å². The maximum absolute atomic E-state index is 13.2. The average Bonchev–Trinajstić information content (AvgIpc) is 3.62. The van der Waals surface area contributed by atoms with Crippen LogP contribution >= 0.6 is 11.3 Å². The zero-order valence-electron chi connectivity index (χ0n) is 20.6. The quantitative estimate of drug-likeness (QED) is 0.416. The third-order valence-corrected chi connectivity index (χ3v) is 8.41. The minimum absolute atomic E-state index is 0.259. The van der Waals surface area contributed by atoms with Gasteiger partial charge in [0.15, 0.2) is 5.69 Å². The van der Waals surface area contributed by atoms with Gasteiger partial charge in [-0.3, -0.25) is 14.8 Å². The molecule has 2 aliphatic rings. The van der Waals surface area contributed by atoms with E-state index in [1.807, 2.05) is 24.1 Å². The van der Waals surface area contributed by atoms with Crippen molar-refractivity contribution in [1.29, 1.82) is 0 Å². The molecule has 9 nitrogen and oxygen atoms in total. The van der Waals surface area contributed by atoms with Gasteiger partial charge in [-0.15, -0.1) is 11.3 Å². The van der Waals surface area contributed by atoms with Crippen LogP contribution in [-0.4, -0.2) is 76.1 Å². The van der Waals surface area contributed by atoms with E-state index >= 15 is 0 Å². The third kappa shape index (κ3) is 4.36. The number of benzene rings is 1. The molecule has 4 aromatic rings. The number of hydrogen-bond acceptors (Lipinski definition) is 8. The molecule has 1 saturated heterocycles. The first-order valence-corrected chi connectivity index (χ1v) is 13.2. The molecule has 4 heterocycles. The lowest BCUT2D eigenvalue weighted by Crippen LogP contribution is -2.43.